The predicted octanol–water partition coefficient (Wildman–Crippen LogP) is -22.8. The Labute approximate surface area is 540 Å². The first-order valence-corrected chi connectivity index (χ1v) is 25.2. The predicted molar refractivity (Wildman–Crippen MR) is 392 cm³/mol. The second-order valence-electron chi connectivity index (χ2n) is 20.7. The van der Waals surface area contributed by atoms with E-state index >= 15 is 0 Å². The molecule has 0 aliphatic heterocycles. The van der Waals surface area contributed by atoms with Crippen molar-refractivity contribution >= 4 is 465 Å². The lowest BCUT2D eigenvalue weighted by molar-refractivity contribution is 0.674. The van der Waals surface area contributed by atoms with Gasteiger partial charge in [-0.15, -0.1) is 54.6 Å². The van der Waals surface area contributed by atoms with Gasteiger partial charge in [0, 0.05) is 55.0 Å². The Kier molecular flexibility index (Phi) is 14.7. The number of furan rings is 2. The zero-order valence-electron chi connectivity index (χ0n) is 45.4. The molecule has 0 aliphatic rings. The van der Waals surface area contributed by atoms with E-state index in [2.05, 4.69) is 4.98 Å². The van der Waals surface area contributed by atoms with Crippen molar-refractivity contribution in [2.45, 2.75) is 0 Å². The lowest BCUT2D eigenvalue weighted by atomic mass is 9.60. The molecule has 4 heterocycles. The molecule has 0 bridgehead atoms. The number of rotatable bonds is 5. The molecule has 6 nitrogen and oxygen atoms in total. The molecule has 60 radical (unpaired) electrons. The molecule has 0 unspecified atom stereocenters. The van der Waals surface area contributed by atoms with Gasteiger partial charge in [-0.05, 0) is 43.8 Å². The van der Waals surface area contributed by atoms with Gasteiger partial charge in [-0.25, -0.2) is 15.0 Å². The van der Waals surface area contributed by atoms with Gasteiger partial charge < -0.3 is 13.4 Å². The first kappa shape index (κ1) is 61.4. The fourth-order valence-electron chi connectivity index (χ4n) is 11.6. The lowest BCUT2D eigenvalue weighted by Gasteiger charge is -2.23. The van der Waals surface area contributed by atoms with Crippen molar-refractivity contribution in [1.29, 1.82) is 0 Å². The molecule has 12 aromatic rings. The van der Waals surface area contributed by atoms with E-state index in [0.717, 1.165) is 0 Å². The standard InChI is InChI=1S/C51B30N4O2/c52-12-1(2-13(53)17(57)7-8-19(59)38(78)44(41(81)48(8)87-46(7)26(2)66)85-42-3(14(54)28(68)36(76)39(42)79)4-15(55)29(69)37(77)40(80)43(4)85)25(65)45-5(16(12)56)6-18(58)20(60)11(27(67)47(6)86-45)51-83-49(9-21(61)30(70)34(74)31(71)22(9)62)82-50(84-51)10-23(63)32(72)35(75)33(73)24(10)64. The summed E-state index contributed by atoms with van der Waals surface area (Å²) < 4.78 is 14.6. The van der Waals surface area contributed by atoms with Gasteiger partial charge in [-0.1, -0.05) is 87.4 Å². The summed E-state index contributed by atoms with van der Waals surface area (Å²) >= 11 is 0. The van der Waals surface area contributed by atoms with Crippen LogP contribution in [-0.4, -0.2) is 255 Å². The van der Waals surface area contributed by atoms with Crippen molar-refractivity contribution < 1.29 is 8.83 Å². The average molecular weight is 1020 g/mol. The number of hydrogen-bond donors (Lipinski definition) is 0. The zero-order chi connectivity index (χ0) is 63.6. The Hall–Kier alpha value is -5.88. The van der Waals surface area contributed by atoms with Gasteiger partial charge in [0.05, 0.1) is 0 Å². The molecule has 0 N–H and O–H groups in total. The van der Waals surface area contributed by atoms with Crippen molar-refractivity contribution in [1.82, 2.24) is 19.5 Å². The van der Waals surface area contributed by atoms with Crippen LogP contribution in [0, 0.1) is 0 Å². The monoisotopic (exact) mass is 1030 g/mol. The summed E-state index contributed by atoms with van der Waals surface area (Å²) in [7, 11) is 200. The Morgan fingerprint density at radius 2 is 0.391 bits per heavy atom. The number of benzene rings is 8. The molecule has 0 spiro atoms. The van der Waals surface area contributed by atoms with E-state index in [1.165, 1.54) is 4.57 Å². The van der Waals surface area contributed by atoms with Gasteiger partial charge >= 0.3 is 0 Å². The topological polar surface area (TPSA) is 69.9 Å². The van der Waals surface area contributed by atoms with Crippen molar-refractivity contribution in [2.75, 3.05) is 0 Å². The van der Waals surface area contributed by atoms with Crippen LogP contribution in [0.3, 0.4) is 0 Å². The van der Waals surface area contributed by atoms with Crippen LogP contribution >= 0.6 is 0 Å². The molecular formula is C51B30N4O2. The fourth-order valence-corrected chi connectivity index (χ4v) is 11.6. The van der Waals surface area contributed by atoms with E-state index in [4.69, 9.17) is 254 Å². The summed E-state index contributed by atoms with van der Waals surface area (Å²) in [5.41, 5.74) is -5.33. The van der Waals surface area contributed by atoms with E-state index in [0.29, 0.717) is 0 Å². The molecule has 0 aliphatic carbocycles. The Bertz CT molecular complexity index is 5080. The molecule has 0 saturated heterocycles. The second-order valence-corrected chi connectivity index (χ2v) is 20.7. The largest absolute Gasteiger partial charge is 0.457 e. The van der Waals surface area contributed by atoms with E-state index < -0.39 is 0 Å². The van der Waals surface area contributed by atoms with Gasteiger partial charge in [0.1, 0.15) is 258 Å². The third-order valence-corrected chi connectivity index (χ3v) is 16.3. The maximum Gasteiger partial charge on any atom is 0.163 e. The van der Waals surface area contributed by atoms with Crippen molar-refractivity contribution in [2.24, 2.45) is 0 Å². The smallest absolute Gasteiger partial charge is 0.163 e. The first-order valence-electron chi connectivity index (χ1n) is 25.2. The Morgan fingerprint density at radius 1 is 0.184 bits per heavy atom. The minimum Gasteiger partial charge on any atom is -0.457 e. The second kappa shape index (κ2) is 20.8. The summed E-state index contributed by atoms with van der Waals surface area (Å²) in [5.74, 6) is -0.872. The van der Waals surface area contributed by atoms with Crippen LogP contribution in [0.4, 0.5) is 0 Å². The third kappa shape index (κ3) is 8.07. The normalized spacial score (nSPS) is 11.9. The molecule has 4 aromatic heterocycles. The van der Waals surface area contributed by atoms with Crippen LogP contribution < -0.4 is 164 Å². The third-order valence-electron chi connectivity index (χ3n) is 16.3. The number of fused-ring (bicyclic) bond motifs is 9. The average Bonchev–Trinajstić information content (AvgIpc) is 1.60. The van der Waals surface area contributed by atoms with Crippen LogP contribution in [0.15, 0.2) is 8.83 Å². The molecule has 326 valence electrons. The van der Waals surface area contributed by atoms with Crippen molar-refractivity contribution in [3.8, 4) is 51.0 Å². The maximum atomic E-state index is 7.12. The highest BCUT2D eigenvalue weighted by Gasteiger charge is 2.31. The van der Waals surface area contributed by atoms with Crippen LogP contribution in [0.2, 0.25) is 0 Å². The number of nitrogens with zero attached hydrogens (tertiary/aromatic N) is 4. The highest BCUT2D eigenvalue weighted by Crippen LogP contribution is 2.32. The van der Waals surface area contributed by atoms with Gasteiger partial charge in [0.15, 0.2) is 17.5 Å². The van der Waals surface area contributed by atoms with E-state index in [9.17, 15) is 0 Å². The highest BCUT2D eigenvalue weighted by atomic mass is 16.3. The summed E-state index contributed by atoms with van der Waals surface area (Å²) in [5, 5.41) is 0.605. The maximum absolute atomic E-state index is 7.12. The summed E-state index contributed by atoms with van der Waals surface area (Å²) in [6, 6.07) is 0. The van der Waals surface area contributed by atoms with E-state index in [1.807, 2.05) is 0 Å². The van der Waals surface area contributed by atoms with Crippen LogP contribution in [0.5, 0.6) is 0 Å². The molecule has 0 fully saturated rings. The van der Waals surface area contributed by atoms with Gasteiger partial charge in [0.2, 0.25) is 0 Å². The molecule has 0 atom stereocenters. The molecular weight excluding hydrogens is 1020 g/mol. The molecule has 0 amide bonds. The lowest BCUT2D eigenvalue weighted by Crippen LogP contribution is -2.55. The molecule has 8 aromatic carbocycles. The summed E-state index contributed by atoms with van der Waals surface area (Å²) in [6.07, 6.45) is 0. The minimum atomic E-state index is -0.312. The van der Waals surface area contributed by atoms with E-state index in [1.54, 1.807) is 0 Å². The summed E-state index contributed by atoms with van der Waals surface area (Å²) in [4.78, 5) is 14.0. The van der Waals surface area contributed by atoms with E-state index in [-0.39, 0.29) is 281 Å². The minimum absolute atomic E-state index is 0.0323. The van der Waals surface area contributed by atoms with Crippen LogP contribution in [0.1, 0.15) is 0 Å². The number of hydrogen-bond acceptors (Lipinski definition) is 5. The Balaban J connectivity index is 1.11. The SMILES string of the molecule is [B]c1c([B])c([B])c(-c2nc(-c3c([B])c([B])c([B])c([B])c3[B])nc(-c3c([B])c([B])c4c(oc5c([B])c(-c6c([B])c([B])c7c(oc8c([B])c(-n9c%10c([B])c([B])c([B])c([B])c%10c%10c([B])c([B])c([B])c([B])c%109)c([B])c([B])c87)c6[B])c([B])c([B])c54)c3[B])n2)c([B])c1[B]. The van der Waals surface area contributed by atoms with Crippen molar-refractivity contribution in [3.05, 3.63) is 0 Å². The number of aromatic nitrogens is 4. The quantitative estimate of drug-likeness (QED) is 0.161. The highest BCUT2D eigenvalue weighted by molar-refractivity contribution is 6.75. The zero-order valence-corrected chi connectivity index (χ0v) is 45.4. The van der Waals surface area contributed by atoms with Crippen LogP contribution in [0.25, 0.3) is 117 Å². The fraction of sp³-hybridized carbons (Fsp3) is 0. The van der Waals surface area contributed by atoms with Gasteiger partial charge in [0.25, 0.3) is 0 Å². The molecule has 0 saturated carbocycles. The molecule has 87 heavy (non-hydrogen) atoms. The van der Waals surface area contributed by atoms with Gasteiger partial charge in [-0.2, -0.15) is 0 Å². The first-order chi connectivity index (χ1) is 40.7. The van der Waals surface area contributed by atoms with Gasteiger partial charge in [-0.3, -0.25) is 0 Å². The van der Waals surface area contributed by atoms with Crippen molar-refractivity contribution in [3.63, 3.8) is 0 Å². The molecule has 36 heteroatoms. The summed E-state index contributed by atoms with van der Waals surface area (Å²) in [6.45, 7) is 0. The van der Waals surface area contributed by atoms with Crippen LogP contribution in [-0.2, 0) is 0 Å². The Morgan fingerprint density at radius 3 is 0.713 bits per heavy atom. The molecule has 12 rings (SSSR count).